The first-order valence-corrected chi connectivity index (χ1v) is 5.79. The van der Waals surface area contributed by atoms with Gasteiger partial charge >= 0.3 is 5.97 Å². The van der Waals surface area contributed by atoms with Gasteiger partial charge in [-0.15, -0.1) is 0 Å². The summed E-state index contributed by atoms with van der Waals surface area (Å²) >= 11 is 0. The molecule has 21 heavy (non-hydrogen) atoms. The summed E-state index contributed by atoms with van der Waals surface area (Å²) in [5, 5.41) is 17.2. The van der Waals surface area contributed by atoms with Crippen molar-refractivity contribution in [2.24, 2.45) is 0 Å². The van der Waals surface area contributed by atoms with Gasteiger partial charge in [0.1, 0.15) is 17.0 Å². The second-order valence-corrected chi connectivity index (χ2v) is 3.98. The number of aromatic carboxylic acids is 1. The first-order valence-electron chi connectivity index (χ1n) is 5.79. The van der Waals surface area contributed by atoms with Crippen LogP contribution in [-0.2, 0) is 0 Å². The van der Waals surface area contributed by atoms with Gasteiger partial charge in [0.2, 0.25) is 0 Å². The van der Waals surface area contributed by atoms with Crippen LogP contribution < -0.4 is 15.6 Å². The summed E-state index contributed by atoms with van der Waals surface area (Å²) in [6, 6.07) is 6.58. The molecule has 0 saturated heterocycles. The summed E-state index contributed by atoms with van der Waals surface area (Å²) in [6.07, 6.45) is 0. The van der Waals surface area contributed by atoms with Crippen LogP contribution in [0.1, 0.15) is 20.8 Å². The number of methoxy groups -OCH3 is 1. The van der Waals surface area contributed by atoms with E-state index in [9.17, 15) is 14.4 Å². The van der Waals surface area contributed by atoms with Crippen molar-refractivity contribution in [3.63, 3.8) is 0 Å². The van der Waals surface area contributed by atoms with Crippen LogP contribution >= 0.6 is 0 Å². The van der Waals surface area contributed by atoms with Gasteiger partial charge in [0.25, 0.3) is 11.5 Å². The van der Waals surface area contributed by atoms with Gasteiger partial charge in [0.15, 0.2) is 0 Å². The van der Waals surface area contributed by atoms with Crippen molar-refractivity contribution in [3.05, 3.63) is 51.9 Å². The Morgan fingerprint density at radius 1 is 1.29 bits per heavy atom. The molecule has 108 valence electrons. The number of benzene rings is 1. The standard InChI is InChI=1S/C13H11N3O5/c1-21-10-6-7(2-3-8(10)13(19)20)14-12(18)9-4-5-11(17)16-15-9/h2-6H,1H3,(H,14,18)(H,16,17)(H,19,20). The predicted molar refractivity (Wildman–Crippen MR) is 72.8 cm³/mol. The van der Waals surface area contributed by atoms with E-state index in [-0.39, 0.29) is 17.0 Å². The van der Waals surface area contributed by atoms with Crippen molar-refractivity contribution in [1.29, 1.82) is 0 Å². The molecule has 0 spiro atoms. The molecule has 2 rings (SSSR count). The third kappa shape index (κ3) is 3.24. The highest BCUT2D eigenvalue weighted by molar-refractivity contribution is 6.03. The number of aromatic amines is 1. The molecule has 1 amide bonds. The molecule has 3 N–H and O–H groups in total. The largest absolute Gasteiger partial charge is 0.496 e. The smallest absolute Gasteiger partial charge is 0.339 e. The number of carboxylic acids is 1. The third-order valence-corrected chi connectivity index (χ3v) is 2.60. The fourth-order valence-electron chi connectivity index (χ4n) is 1.61. The lowest BCUT2D eigenvalue weighted by Gasteiger charge is -2.08. The Morgan fingerprint density at radius 3 is 2.62 bits per heavy atom. The molecule has 2 aromatic rings. The maximum atomic E-state index is 11.9. The Kier molecular flexibility index (Phi) is 3.98. The van der Waals surface area contributed by atoms with Gasteiger partial charge in [0, 0.05) is 17.8 Å². The molecule has 0 fully saturated rings. The number of H-pyrrole nitrogens is 1. The SMILES string of the molecule is COc1cc(NC(=O)c2ccc(=O)[nH]n2)ccc1C(=O)O. The fourth-order valence-corrected chi connectivity index (χ4v) is 1.61. The summed E-state index contributed by atoms with van der Waals surface area (Å²) in [5.74, 6) is -1.56. The lowest BCUT2D eigenvalue weighted by molar-refractivity contribution is 0.0693. The van der Waals surface area contributed by atoms with Crippen molar-refractivity contribution < 1.29 is 19.4 Å². The average Bonchev–Trinajstić information content (AvgIpc) is 2.47. The Hall–Kier alpha value is -3.16. The molecule has 8 heteroatoms. The highest BCUT2D eigenvalue weighted by Gasteiger charge is 2.13. The minimum atomic E-state index is -1.13. The van der Waals surface area contributed by atoms with E-state index >= 15 is 0 Å². The maximum Gasteiger partial charge on any atom is 0.339 e. The quantitative estimate of drug-likeness (QED) is 0.762. The van der Waals surface area contributed by atoms with Crippen molar-refractivity contribution in [1.82, 2.24) is 10.2 Å². The van der Waals surface area contributed by atoms with Crippen LogP contribution in [0.15, 0.2) is 35.1 Å². The van der Waals surface area contributed by atoms with E-state index in [2.05, 4.69) is 15.5 Å². The summed E-state index contributed by atoms with van der Waals surface area (Å²) < 4.78 is 4.96. The van der Waals surface area contributed by atoms with Crippen LogP contribution in [0.2, 0.25) is 0 Å². The van der Waals surface area contributed by atoms with Crippen molar-refractivity contribution in [2.45, 2.75) is 0 Å². The van der Waals surface area contributed by atoms with Crippen LogP contribution in [0.3, 0.4) is 0 Å². The molecule has 1 heterocycles. The van der Waals surface area contributed by atoms with E-state index in [0.717, 1.165) is 0 Å². The van der Waals surface area contributed by atoms with E-state index in [1.807, 2.05) is 0 Å². The van der Waals surface area contributed by atoms with Gasteiger partial charge in [0.05, 0.1) is 7.11 Å². The van der Waals surface area contributed by atoms with Crippen LogP contribution in [0, 0.1) is 0 Å². The molecule has 0 aliphatic heterocycles. The first kappa shape index (κ1) is 14.3. The van der Waals surface area contributed by atoms with Crippen LogP contribution in [-0.4, -0.2) is 34.3 Å². The molecule has 0 atom stereocenters. The molecule has 0 aliphatic carbocycles. The number of nitrogens with zero attached hydrogens (tertiary/aromatic N) is 1. The molecule has 8 nitrogen and oxygen atoms in total. The van der Waals surface area contributed by atoms with Gasteiger partial charge in [-0.2, -0.15) is 5.10 Å². The molecule has 0 saturated carbocycles. The minimum absolute atomic E-state index is 0.0161. The lowest BCUT2D eigenvalue weighted by atomic mass is 10.2. The summed E-state index contributed by atoms with van der Waals surface area (Å²) in [5.41, 5.74) is -0.0672. The Balaban J connectivity index is 2.23. The monoisotopic (exact) mass is 289 g/mol. The number of nitrogens with one attached hydrogen (secondary N) is 2. The van der Waals surface area contributed by atoms with Crippen LogP contribution in [0.25, 0.3) is 0 Å². The van der Waals surface area contributed by atoms with Crippen LogP contribution in [0.5, 0.6) is 5.75 Å². The zero-order valence-electron chi connectivity index (χ0n) is 10.9. The number of hydrogen-bond acceptors (Lipinski definition) is 5. The number of aromatic nitrogens is 2. The second-order valence-electron chi connectivity index (χ2n) is 3.98. The highest BCUT2D eigenvalue weighted by Crippen LogP contribution is 2.23. The number of carbonyl (C=O) groups excluding carboxylic acids is 1. The van der Waals surface area contributed by atoms with Crippen molar-refractivity contribution in [2.75, 3.05) is 12.4 Å². The van der Waals surface area contributed by atoms with E-state index in [1.54, 1.807) is 0 Å². The fraction of sp³-hybridized carbons (Fsp3) is 0.0769. The molecule has 1 aromatic heterocycles. The number of carboxylic acid groups (broad SMARTS) is 1. The number of rotatable bonds is 4. The zero-order valence-corrected chi connectivity index (χ0v) is 10.9. The van der Waals surface area contributed by atoms with E-state index in [0.29, 0.717) is 5.69 Å². The van der Waals surface area contributed by atoms with Crippen molar-refractivity contribution >= 4 is 17.6 Å². The van der Waals surface area contributed by atoms with Gasteiger partial charge < -0.3 is 15.2 Å². The molecular formula is C13H11N3O5. The van der Waals surface area contributed by atoms with Gasteiger partial charge in [-0.3, -0.25) is 9.59 Å². The summed E-state index contributed by atoms with van der Waals surface area (Å²) in [7, 11) is 1.33. The van der Waals surface area contributed by atoms with Gasteiger partial charge in [-0.25, -0.2) is 9.89 Å². The van der Waals surface area contributed by atoms with E-state index < -0.39 is 17.4 Å². The number of amides is 1. The van der Waals surface area contributed by atoms with Crippen molar-refractivity contribution in [3.8, 4) is 5.75 Å². The lowest BCUT2D eigenvalue weighted by Crippen LogP contribution is -2.17. The molecule has 1 aromatic carbocycles. The molecular weight excluding hydrogens is 278 g/mol. The molecule has 0 aliphatic rings. The Labute approximate surface area is 118 Å². The van der Waals surface area contributed by atoms with Gasteiger partial charge in [-0.05, 0) is 18.2 Å². The van der Waals surface area contributed by atoms with E-state index in [1.165, 1.54) is 37.4 Å². The topological polar surface area (TPSA) is 121 Å². The summed E-state index contributed by atoms with van der Waals surface area (Å²) in [4.78, 5) is 33.7. The normalized spacial score (nSPS) is 9.95. The second kappa shape index (κ2) is 5.87. The highest BCUT2D eigenvalue weighted by atomic mass is 16.5. The van der Waals surface area contributed by atoms with Gasteiger partial charge in [-0.1, -0.05) is 0 Å². The Bertz CT molecular complexity index is 733. The predicted octanol–water partition coefficient (Wildman–Crippen LogP) is 0.729. The first-order chi connectivity index (χ1) is 10.0. The minimum Gasteiger partial charge on any atom is -0.496 e. The number of hydrogen-bond donors (Lipinski definition) is 3. The maximum absolute atomic E-state index is 11.9. The third-order valence-electron chi connectivity index (χ3n) is 2.60. The summed E-state index contributed by atoms with van der Waals surface area (Å²) in [6.45, 7) is 0. The number of carbonyl (C=O) groups is 2. The number of anilines is 1. The van der Waals surface area contributed by atoms with E-state index in [4.69, 9.17) is 9.84 Å². The molecule has 0 bridgehead atoms. The Morgan fingerprint density at radius 2 is 2.05 bits per heavy atom. The van der Waals surface area contributed by atoms with Crippen LogP contribution in [0.4, 0.5) is 5.69 Å². The number of ether oxygens (including phenoxy) is 1. The zero-order chi connectivity index (χ0) is 15.4. The average molecular weight is 289 g/mol. The molecule has 0 radical (unpaired) electrons. The molecule has 0 unspecified atom stereocenters.